The number of para-hydroxylation sites is 2. The maximum atomic E-state index is 12.7. The summed E-state index contributed by atoms with van der Waals surface area (Å²) in [5.41, 5.74) is 3.77. The molecule has 5 heteroatoms. The van der Waals surface area contributed by atoms with Gasteiger partial charge in [0.15, 0.2) is 5.82 Å². The fourth-order valence-corrected chi connectivity index (χ4v) is 3.23. The first-order chi connectivity index (χ1) is 11.7. The maximum Gasteiger partial charge on any atom is 0.242 e. The fraction of sp³-hybridized carbons (Fsp3) is 0.316. The predicted octanol–water partition coefficient (Wildman–Crippen LogP) is 3.03. The second kappa shape index (κ2) is 6.07. The van der Waals surface area contributed by atoms with Gasteiger partial charge in [-0.15, -0.1) is 0 Å². The van der Waals surface area contributed by atoms with Crippen molar-refractivity contribution in [3.63, 3.8) is 0 Å². The van der Waals surface area contributed by atoms with E-state index < -0.39 is 0 Å². The summed E-state index contributed by atoms with van der Waals surface area (Å²) in [4.78, 5) is 23.8. The lowest BCUT2D eigenvalue weighted by atomic mass is 10.2. The van der Waals surface area contributed by atoms with Crippen LogP contribution in [0.5, 0.6) is 0 Å². The van der Waals surface area contributed by atoms with Gasteiger partial charge in [0.05, 0.1) is 11.0 Å². The third-order valence-corrected chi connectivity index (χ3v) is 4.55. The number of aromatic nitrogens is 3. The summed E-state index contributed by atoms with van der Waals surface area (Å²) in [7, 11) is 0. The maximum absolute atomic E-state index is 12.7. The minimum atomic E-state index is 0.156. The lowest BCUT2D eigenvalue weighted by Crippen LogP contribution is -2.31. The molecule has 3 heterocycles. The van der Waals surface area contributed by atoms with E-state index in [1.807, 2.05) is 59.0 Å². The Labute approximate surface area is 140 Å². The predicted molar refractivity (Wildman–Crippen MR) is 93.5 cm³/mol. The SMILES string of the molecule is Cc1ccc(-c2nc3ccccc3n2CC(=O)N2CCCC2)nc1. The molecule has 1 aliphatic heterocycles. The third-order valence-electron chi connectivity index (χ3n) is 4.55. The van der Waals surface area contributed by atoms with Gasteiger partial charge in [0.1, 0.15) is 12.2 Å². The minimum Gasteiger partial charge on any atom is -0.341 e. The van der Waals surface area contributed by atoms with Gasteiger partial charge < -0.3 is 9.47 Å². The Balaban J connectivity index is 1.78. The molecule has 0 spiro atoms. The Hall–Kier alpha value is -2.69. The molecule has 5 nitrogen and oxygen atoms in total. The van der Waals surface area contributed by atoms with Crippen LogP contribution in [0.15, 0.2) is 42.6 Å². The topological polar surface area (TPSA) is 51.0 Å². The molecule has 122 valence electrons. The molecule has 0 saturated carbocycles. The molecule has 0 aliphatic carbocycles. The summed E-state index contributed by atoms with van der Waals surface area (Å²) in [5, 5.41) is 0. The second-order valence-corrected chi connectivity index (χ2v) is 6.32. The van der Waals surface area contributed by atoms with E-state index in [-0.39, 0.29) is 5.91 Å². The molecule has 0 N–H and O–H groups in total. The van der Waals surface area contributed by atoms with Gasteiger partial charge in [-0.1, -0.05) is 18.2 Å². The van der Waals surface area contributed by atoms with Gasteiger partial charge in [-0.2, -0.15) is 0 Å². The summed E-state index contributed by atoms with van der Waals surface area (Å²) in [6.45, 7) is 4.05. The summed E-state index contributed by atoms with van der Waals surface area (Å²) < 4.78 is 1.99. The number of aryl methyl sites for hydroxylation is 1. The van der Waals surface area contributed by atoms with Gasteiger partial charge in [0.2, 0.25) is 5.91 Å². The highest BCUT2D eigenvalue weighted by molar-refractivity contribution is 5.84. The molecule has 0 atom stereocenters. The highest BCUT2D eigenvalue weighted by atomic mass is 16.2. The first-order valence-electron chi connectivity index (χ1n) is 8.38. The smallest absolute Gasteiger partial charge is 0.242 e. The highest BCUT2D eigenvalue weighted by Crippen LogP contribution is 2.24. The molecule has 24 heavy (non-hydrogen) atoms. The highest BCUT2D eigenvalue weighted by Gasteiger charge is 2.21. The Morgan fingerprint density at radius 3 is 2.67 bits per heavy atom. The van der Waals surface area contributed by atoms with Crippen molar-refractivity contribution < 1.29 is 4.79 Å². The molecule has 0 bridgehead atoms. The number of carbonyl (C=O) groups is 1. The molecule has 1 aromatic carbocycles. The zero-order chi connectivity index (χ0) is 16.5. The number of amides is 1. The van der Waals surface area contributed by atoms with Gasteiger partial charge in [0, 0.05) is 19.3 Å². The number of benzene rings is 1. The van der Waals surface area contributed by atoms with Crippen molar-refractivity contribution in [3.8, 4) is 11.5 Å². The van der Waals surface area contributed by atoms with Crippen molar-refractivity contribution in [3.05, 3.63) is 48.2 Å². The molecule has 2 aromatic heterocycles. The number of pyridine rings is 1. The lowest BCUT2D eigenvalue weighted by Gasteiger charge is -2.17. The van der Waals surface area contributed by atoms with Gasteiger partial charge >= 0.3 is 0 Å². The largest absolute Gasteiger partial charge is 0.341 e. The van der Waals surface area contributed by atoms with Gasteiger partial charge in [-0.05, 0) is 43.5 Å². The first kappa shape index (κ1) is 14.9. The van der Waals surface area contributed by atoms with E-state index >= 15 is 0 Å². The van der Waals surface area contributed by atoms with E-state index in [0.717, 1.165) is 54.0 Å². The van der Waals surface area contributed by atoms with E-state index in [1.165, 1.54) is 0 Å². The molecule has 1 fully saturated rings. The number of imidazole rings is 1. The van der Waals surface area contributed by atoms with Crippen LogP contribution in [0.25, 0.3) is 22.6 Å². The first-order valence-corrected chi connectivity index (χ1v) is 8.38. The van der Waals surface area contributed by atoms with Crippen LogP contribution in [-0.2, 0) is 11.3 Å². The number of nitrogens with zero attached hydrogens (tertiary/aromatic N) is 4. The Morgan fingerprint density at radius 1 is 1.12 bits per heavy atom. The van der Waals surface area contributed by atoms with E-state index in [9.17, 15) is 4.79 Å². The fourth-order valence-electron chi connectivity index (χ4n) is 3.23. The molecular weight excluding hydrogens is 300 g/mol. The molecule has 1 aliphatic rings. The molecule has 1 saturated heterocycles. The van der Waals surface area contributed by atoms with Crippen molar-refractivity contribution in [1.29, 1.82) is 0 Å². The number of hydrogen-bond acceptors (Lipinski definition) is 3. The van der Waals surface area contributed by atoms with Crippen molar-refractivity contribution in [2.24, 2.45) is 0 Å². The summed E-state index contributed by atoms with van der Waals surface area (Å²) >= 11 is 0. The normalized spacial score (nSPS) is 14.5. The summed E-state index contributed by atoms with van der Waals surface area (Å²) in [6.07, 6.45) is 4.03. The number of rotatable bonds is 3. The number of carbonyl (C=O) groups excluding carboxylic acids is 1. The Morgan fingerprint density at radius 2 is 1.92 bits per heavy atom. The number of fused-ring (bicyclic) bond motifs is 1. The van der Waals surface area contributed by atoms with Crippen LogP contribution >= 0.6 is 0 Å². The second-order valence-electron chi connectivity index (χ2n) is 6.32. The van der Waals surface area contributed by atoms with E-state index in [4.69, 9.17) is 4.98 Å². The minimum absolute atomic E-state index is 0.156. The number of hydrogen-bond donors (Lipinski definition) is 0. The van der Waals surface area contributed by atoms with E-state index in [0.29, 0.717) is 6.54 Å². The molecule has 4 rings (SSSR count). The van der Waals surface area contributed by atoms with E-state index in [1.54, 1.807) is 0 Å². The standard InChI is InChI=1S/C19H20N4O/c1-14-8-9-16(20-12-14)19-21-15-6-2-3-7-17(15)23(19)13-18(24)22-10-4-5-11-22/h2-3,6-9,12H,4-5,10-11,13H2,1H3. The van der Waals surface area contributed by atoms with Crippen LogP contribution < -0.4 is 0 Å². The van der Waals surface area contributed by atoms with Crippen LogP contribution in [0.2, 0.25) is 0 Å². The van der Waals surface area contributed by atoms with Crippen molar-refractivity contribution in [2.45, 2.75) is 26.3 Å². The van der Waals surface area contributed by atoms with Gasteiger partial charge in [0.25, 0.3) is 0 Å². The average molecular weight is 320 g/mol. The quantitative estimate of drug-likeness (QED) is 0.745. The monoisotopic (exact) mass is 320 g/mol. The van der Waals surface area contributed by atoms with Gasteiger partial charge in [-0.25, -0.2) is 4.98 Å². The summed E-state index contributed by atoms with van der Waals surface area (Å²) in [5.74, 6) is 0.910. The van der Waals surface area contributed by atoms with Gasteiger partial charge in [-0.3, -0.25) is 9.78 Å². The van der Waals surface area contributed by atoms with Crippen LogP contribution in [0.3, 0.4) is 0 Å². The molecule has 3 aromatic rings. The third kappa shape index (κ3) is 2.66. The zero-order valence-electron chi connectivity index (χ0n) is 13.8. The van der Waals surface area contributed by atoms with Crippen molar-refractivity contribution in [2.75, 3.05) is 13.1 Å². The van der Waals surface area contributed by atoms with Crippen molar-refractivity contribution in [1.82, 2.24) is 19.4 Å². The van der Waals surface area contributed by atoms with Crippen molar-refractivity contribution >= 4 is 16.9 Å². The Kier molecular flexibility index (Phi) is 3.76. The average Bonchev–Trinajstić information content (AvgIpc) is 3.24. The molecular formula is C19H20N4O. The van der Waals surface area contributed by atoms with Crippen LogP contribution in [0, 0.1) is 6.92 Å². The lowest BCUT2D eigenvalue weighted by molar-refractivity contribution is -0.130. The van der Waals surface area contributed by atoms with Crippen LogP contribution in [-0.4, -0.2) is 38.4 Å². The zero-order valence-corrected chi connectivity index (χ0v) is 13.8. The summed E-state index contributed by atoms with van der Waals surface area (Å²) in [6, 6.07) is 11.9. The molecule has 0 unspecified atom stereocenters. The van der Waals surface area contributed by atoms with Crippen LogP contribution in [0.4, 0.5) is 0 Å². The van der Waals surface area contributed by atoms with E-state index in [2.05, 4.69) is 4.98 Å². The Bertz CT molecular complexity index is 876. The molecule has 0 radical (unpaired) electrons. The number of likely N-dealkylation sites (tertiary alicyclic amines) is 1. The van der Waals surface area contributed by atoms with Crippen LogP contribution in [0.1, 0.15) is 18.4 Å². The molecule has 1 amide bonds.